The standard InChI is InChI=1S/C22H23ClFN5O3/c1-2-10-28(12-18(30)26-11-14-6-5-8-16(23)20(14)24)19(31)13-29-17-9-4-3-7-15(17)21(27-29)22(25)32/h3-9H,2,10-13H2,1H3,(H2,25,32)(H,26,30). The number of amides is 3. The summed E-state index contributed by atoms with van der Waals surface area (Å²) in [4.78, 5) is 38.4. The minimum Gasteiger partial charge on any atom is -0.364 e. The fourth-order valence-electron chi connectivity index (χ4n) is 3.33. The zero-order chi connectivity index (χ0) is 23.3. The highest BCUT2D eigenvalue weighted by molar-refractivity contribution is 6.30. The van der Waals surface area contributed by atoms with Crippen LogP contribution in [0.5, 0.6) is 0 Å². The topological polar surface area (TPSA) is 110 Å². The largest absolute Gasteiger partial charge is 0.364 e. The first kappa shape index (κ1) is 23.2. The smallest absolute Gasteiger partial charge is 0.269 e. The van der Waals surface area contributed by atoms with Crippen molar-refractivity contribution in [2.45, 2.75) is 26.4 Å². The van der Waals surface area contributed by atoms with Crippen molar-refractivity contribution >= 4 is 40.2 Å². The maximum atomic E-state index is 14.0. The molecular formula is C22H23ClFN5O3. The summed E-state index contributed by atoms with van der Waals surface area (Å²) < 4.78 is 15.4. The average Bonchev–Trinajstić information content (AvgIpc) is 3.13. The minimum absolute atomic E-state index is 0.0266. The van der Waals surface area contributed by atoms with Gasteiger partial charge in [0.15, 0.2) is 5.69 Å². The summed E-state index contributed by atoms with van der Waals surface area (Å²) >= 11 is 5.76. The van der Waals surface area contributed by atoms with Crippen LogP contribution in [0.3, 0.4) is 0 Å². The molecular weight excluding hydrogens is 437 g/mol. The molecule has 0 aliphatic carbocycles. The molecule has 168 valence electrons. The highest BCUT2D eigenvalue weighted by Gasteiger charge is 2.21. The first-order chi connectivity index (χ1) is 15.3. The number of primary amides is 1. The predicted molar refractivity (Wildman–Crippen MR) is 118 cm³/mol. The number of hydrogen-bond donors (Lipinski definition) is 2. The molecule has 32 heavy (non-hydrogen) atoms. The molecule has 0 bridgehead atoms. The molecule has 3 rings (SSSR count). The van der Waals surface area contributed by atoms with Crippen LogP contribution in [0, 0.1) is 5.82 Å². The summed E-state index contributed by atoms with van der Waals surface area (Å²) in [7, 11) is 0. The van der Waals surface area contributed by atoms with E-state index in [1.54, 1.807) is 30.3 Å². The number of nitrogens with zero attached hydrogens (tertiary/aromatic N) is 3. The summed E-state index contributed by atoms with van der Waals surface area (Å²) in [5.74, 6) is -2.06. The van der Waals surface area contributed by atoms with Crippen molar-refractivity contribution in [2.75, 3.05) is 13.1 Å². The van der Waals surface area contributed by atoms with Gasteiger partial charge in [-0.3, -0.25) is 19.1 Å². The van der Waals surface area contributed by atoms with Crippen LogP contribution in [0.25, 0.3) is 10.9 Å². The molecule has 3 aromatic rings. The molecule has 0 atom stereocenters. The molecule has 0 spiro atoms. The van der Waals surface area contributed by atoms with Crippen LogP contribution in [0.2, 0.25) is 5.02 Å². The maximum absolute atomic E-state index is 14.0. The van der Waals surface area contributed by atoms with Crippen molar-refractivity contribution in [3.05, 3.63) is 64.6 Å². The van der Waals surface area contributed by atoms with Crippen molar-refractivity contribution in [1.82, 2.24) is 20.0 Å². The molecule has 0 aliphatic rings. The quantitative estimate of drug-likeness (QED) is 0.512. The van der Waals surface area contributed by atoms with Gasteiger partial charge in [-0.25, -0.2) is 4.39 Å². The Bertz CT molecular complexity index is 1160. The van der Waals surface area contributed by atoms with Gasteiger partial charge in [0.2, 0.25) is 11.8 Å². The molecule has 0 radical (unpaired) electrons. The zero-order valence-electron chi connectivity index (χ0n) is 17.5. The number of nitrogens with one attached hydrogen (secondary N) is 1. The Morgan fingerprint density at radius 2 is 1.94 bits per heavy atom. The van der Waals surface area contributed by atoms with Gasteiger partial charge in [-0.05, 0) is 18.6 Å². The first-order valence-corrected chi connectivity index (χ1v) is 10.4. The highest BCUT2D eigenvalue weighted by Crippen LogP contribution is 2.19. The Morgan fingerprint density at radius 1 is 1.19 bits per heavy atom. The molecule has 0 saturated carbocycles. The Labute approximate surface area is 189 Å². The summed E-state index contributed by atoms with van der Waals surface area (Å²) in [5.41, 5.74) is 6.32. The Morgan fingerprint density at radius 3 is 2.66 bits per heavy atom. The van der Waals surface area contributed by atoms with Gasteiger partial charge in [-0.15, -0.1) is 0 Å². The summed E-state index contributed by atoms with van der Waals surface area (Å²) in [6.07, 6.45) is 0.633. The molecule has 0 unspecified atom stereocenters. The number of fused-ring (bicyclic) bond motifs is 1. The third-order valence-electron chi connectivity index (χ3n) is 4.86. The number of rotatable bonds is 9. The van der Waals surface area contributed by atoms with E-state index in [-0.39, 0.29) is 41.8 Å². The van der Waals surface area contributed by atoms with Crippen molar-refractivity contribution in [2.24, 2.45) is 5.73 Å². The lowest BCUT2D eigenvalue weighted by Gasteiger charge is -2.22. The lowest BCUT2D eigenvalue weighted by atomic mass is 10.2. The summed E-state index contributed by atoms with van der Waals surface area (Å²) in [5, 5.41) is 7.32. The molecule has 10 heteroatoms. The molecule has 0 fully saturated rings. The normalized spacial score (nSPS) is 10.8. The lowest BCUT2D eigenvalue weighted by Crippen LogP contribution is -2.42. The van der Waals surface area contributed by atoms with Crippen LogP contribution in [0.4, 0.5) is 4.39 Å². The fourth-order valence-corrected chi connectivity index (χ4v) is 3.52. The van der Waals surface area contributed by atoms with E-state index < -0.39 is 17.6 Å². The van der Waals surface area contributed by atoms with Crippen molar-refractivity contribution in [3.8, 4) is 0 Å². The van der Waals surface area contributed by atoms with E-state index in [0.717, 1.165) is 0 Å². The number of carbonyl (C=O) groups excluding carboxylic acids is 3. The van der Waals surface area contributed by atoms with E-state index in [1.807, 2.05) is 6.92 Å². The SMILES string of the molecule is CCCN(CC(=O)NCc1cccc(Cl)c1F)C(=O)Cn1nc(C(N)=O)c2ccccc21. The predicted octanol–water partition coefficient (Wildman–Crippen LogP) is 2.48. The van der Waals surface area contributed by atoms with Crippen LogP contribution in [-0.2, 0) is 22.7 Å². The molecule has 8 nitrogen and oxygen atoms in total. The average molecular weight is 460 g/mol. The van der Waals surface area contributed by atoms with Crippen LogP contribution in [-0.4, -0.2) is 45.5 Å². The number of aromatic nitrogens is 2. The van der Waals surface area contributed by atoms with Crippen LogP contribution in [0.1, 0.15) is 29.4 Å². The van der Waals surface area contributed by atoms with Crippen LogP contribution in [0.15, 0.2) is 42.5 Å². The Hall–Kier alpha value is -3.46. The van der Waals surface area contributed by atoms with Gasteiger partial charge in [0, 0.05) is 24.0 Å². The van der Waals surface area contributed by atoms with E-state index >= 15 is 0 Å². The number of benzene rings is 2. The van der Waals surface area contributed by atoms with Crippen molar-refractivity contribution < 1.29 is 18.8 Å². The number of para-hydroxylation sites is 1. The third-order valence-corrected chi connectivity index (χ3v) is 5.16. The van der Waals surface area contributed by atoms with Crippen LogP contribution >= 0.6 is 11.6 Å². The molecule has 3 amide bonds. The Balaban J connectivity index is 1.69. The molecule has 0 saturated heterocycles. The molecule has 0 aliphatic heterocycles. The van der Waals surface area contributed by atoms with E-state index in [9.17, 15) is 18.8 Å². The first-order valence-electron chi connectivity index (χ1n) is 10.0. The fraction of sp³-hybridized carbons (Fsp3) is 0.273. The lowest BCUT2D eigenvalue weighted by molar-refractivity contribution is -0.136. The van der Waals surface area contributed by atoms with Gasteiger partial charge in [0.1, 0.15) is 12.4 Å². The zero-order valence-corrected chi connectivity index (χ0v) is 18.2. The molecule has 1 aromatic heterocycles. The van der Waals surface area contributed by atoms with Crippen LogP contribution < -0.4 is 11.1 Å². The summed E-state index contributed by atoms with van der Waals surface area (Å²) in [6, 6.07) is 11.5. The third kappa shape index (κ3) is 5.23. The van der Waals surface area contributed by atoms with E-state index in [4.69, 9.17) is 17.3 Å². The molecule has 1 heterocycles. The monoisotopic (exact) mass is 459 g/mol. The van der Waals surface area contributed by atoms with Crippen molar-refractivity contribution in [1.29, 1.82) is 0 Å². The molecule has 2 aromatic carbocycles. The van der Waals surface area contributed by atoms with Gasteiger partial charge in [-0.2, -0.15) is 5.10 Å². The minimum atomic E-state index is -0.689. The molecule has 3 N–H and O–H groups in total. The Kier molecular flexibility index (Phi) is 7.42. The van der Waals surface area contributed by atoms with Gasteiger partial charge >= 0.3 is 0 Å². The number of hydrogen-bond acceptors (Lipinski definition) is 4. The van der Waals surface area contributed by atoms with E-state index in [2.05, 4.69) is 10.4 Å². The van der Waals surface area contributed by atoms with Crippen molar-refractivity contribution in [3.63, 3.8) is 0 Å². The number of carbonyl (C=O) groups is 3. The van der Waals surface area contributed by atoms with E-state index in [1.165, 1.54) is 21.7 Å². The second kappa shape index (κ2) is 10.2. The summed E-state index contributed by atoms with van der Waals surface area (Å²) in [6.45, 7) is 1.82. The number of halogens is 2. The second-order valence-electron chi connectivity index (χ2n) is 7.19. The van der Waals surface area contributed by atoms with Gasteiger partial charge in [0.25, 0.3) is 5.91 Å². The van der Waals surface area contributed by atoms with Gasteiger partial charge in [-0.1, -0.05) is 48.9 Å². The van der Waals surface area contributed by atoms with Gasteiger partial charge in [0.05, 0.1) is 17.1 Å². The van der Waals surface area contributed by atoms with Gasteiger partial charge < -0.3 is 16.0 Å². The maximum Gasteiger partial charge on any atom is 0.269 e. The second-order valence-corrected chi connectivity index (χ2v) is 7.60. The highest BCUT2D eigenvalue weighted by atomic mass is 35.5. The number of nitrogens with two attached hydrogens (primary N) is 1. The van der Waals surface area contributed by atoms with E-state index in [0.29, 0.717) is 23.9 Å².